The quantitative estimate of drug-likeness (QED) is 0.254. The number of phenolic OH excluding ortho intramolecular Hbond substituents is 1. The van der Waals surface area contributed by atoms with Crippen LogP contribution in [0, 0.1) is 0 Å². The highest BCUT2D eigenvalue weighted by Gasteiger charge is 2.11. The third-order valence-electron chi connectivity index (χ3n) is 3.45. The van der Waals surface area contributed by atoms with Crippen LogP contribution in [0.4, 0.5) is 0 Å². The van der Waals surface area contributed by atoms with Gasteiger partial charge in [-0.15, -0.1) is 6.58 Å². The van der Waals surface area contributed by atoms with Crippen molar-refractivity contribution in [3.63, 3.8) is 0 Å². The number of phenols is 1. The van der Waals surface area contributed by atoms with E-state index in [9.17, 15) is 5.11 Å². The maximum atomic E-state index is 10.4. The van der Waals surface area contributed by atoms with Crippen LogP contribution in [0.5, 0.6) is 11.5 Å². The minimum absolute atomic E-state index is 0.217. The topological polar surface area (TPSA) is 41.8 Å². The number of ether oxygens (including phenoxy) is 1. The monoisotopic (exact) mass is 359 g/mol. The molecule has 4 heteroatoms. The predicted octanol–water partition coefficient (Wildman–Crippen LogP) is 6.00. The van der Waals surface area contributed by atoms with Gasteiger partial charge < -0.3 is 9.84 Å². The molecule has 0 amide bonds. The summed E-state index contributed by atoms with van der Waals surface area (Å²) in [6.45, 7) is 17.0. The Kier molecular flexibility index (Phi) is 9.14. The Hall–Kier alpha value is -1.94. The summed E-state index contributed by atoms with van der Waals surface area (Å²) in [5, 5.41) is 11.4. The zero-order valence-electron chi connectivity index (χ0n) is 15.8. The number of aryl methyl sites for hydroxylation is 1. The Bertz CT molecular complexity index is 675. The van der Waals surface area contributed by atoms with Crippen LogP contribution in [0.25, 0.3) is 6.08 Å². The van der Waals surface area contributed by atoms with Crippen LogP contribution < -0.4 is 4.74 Å². The van der Waals surface area contributed by atoms with Gasteiger partial charge in [0.15, 0.2) is 11.5 Å². The molecule has 3 nitrogen and oxygen atoms in total. The fraction of sp³-hybridized carbons (Fsp3) is 0.381. The predicted molar refractivity (Wildman–Crippen MR) is 112 cm³/mol. The normalized spacial score (nSPS) is 12.2. The molecule has 0 aromatic heterocycles. The van der Waals surface area contributed by atoms with E-state index >= 15 is 0 Å². The minimum Gasteiger partial charge on any atom is -0.504 e. The number of benzene rings is 1. The van der Waals surface area contributed by atoms with Gasteiger partial charge in [0, 0.05) is 11.4 Å². The number of allylic oxidation sites excluding steroid dienone is 2. The molecule has 1 aromatic rings. The fourth-order valence-corrected chi connectivity index (χ4v) is 3.17. The highest BCUT2D eigenvalue weighted by atomic mass is 32.2. The van der Waals surface area contributed by atoms with E-state index in [0.717, 1.165) is 46.0 Å². The van der Waals surface area contributed by atoms with Crippen LogP contribution in [0.1, 0.15) is 45.2 Å². The lowest BCUT2D eigenvalue weighted by atomic mass is 10.0. The molecule has 0 bridgehead atoms. The van der Waals surface area contributed by atoms with Crippen molar-refractivity contribution in [1.82, 2.24) is 0 Å². The Morgan fingerprint density at radius 3 is 2.60 bits per heavy atom. The number of aliphatic imine (C=N–C) groups is 1. The average Bonchev–Trinajstić information content (AvgIpc) is 2.56. The summed E-state index contributed by atoms with van der Waals surface area (Å²) in [6.07, 6.45) is 5.45. The van der Waals surface area contributed by atoms with Crippen LogP contribution in [-0.4, -0.2) is 23.3 Å². The molecule has 0 fully saturated rings. The van der Waals surface area contributed by atoms with Gasteiger partial charge in [-0.3, -0.25) is 4.99 Å². The molecule has 1 N–H and O–H groups in total. The van der Waals surface area contributed by atoms with Gasteiger partial charge in [-0.1, -0.05) is 24.4 Å². The van der Waals surface area contributed by atoms with E-state index < -0.39 is 0 Å². The van der Waals surface area contributed by atoms with Crippen molar-refractivity contribution in [1.29, 1.82) is 0 Å². The fourth-order valence-electron chi connectivity index (χ4n) is 2.29. The number of thioether (sulfide) groups is 1. The molecule has 25 heavy (non-hydrogen) atoms. The van der Waals surface area contributed by atoms with Crippen LogP contribution in [0.3, 0.4) is 0 Å². The van der Waals surface area contributed by atoms with Crippen LogP contribution >= 0.6 is 11.8 Å². The molecule has 0 unspecified atom stereocenters. The standard InChI is InChI=1S/C21H29NO2S/c1-7-10-11-18-12-17(13-19(21(18)23)24-9-3)14-20(15(4)5)25-16(6)22-8-2/h7,12-14,23H,1,4,8-11H2,2-3,5-6H3/b20-14-,22-16?. The van der Waals surface area contributed by atoms with E-state index in [4.69, 9.17) is 4.74 Å². The second kappa shape index (κ2) is 10.8. The van der Waals surface area contributed by atoms with Crippen LogP contribution in [-0.2, 0) is 6.42 Å². The molecule has 0 heterocycles. The van der Waals surface area contributed by atoms with E-state index in [0.29, 0.717) is 12.4 Å². The van der Waals surface area contributed by atoms with Crippen molar-refractivity contribution in [3.05, 3.63) is 53.0 Å². The average molecular weight is 360 g/mol. The largest absolute Gasteiger partial charge is 0.504 e. The molecule has 0 atom stereocenters. The summed E-state index contributed by atoms with van der Waals surface area (Å²) in [5.41, 5.74) is 2.83. The lowest BCUT2D eigenvalue weighted by Gasteiger charge is -2.13. The third kappa shape index (κ3) is 6.83. The molecule has 0 saturated carbocycles. The van der Waals surface area contributed by atoms with E-state index in [-0.39, 0.29) is 5.75 Å². The first-order chi connectivity index (χ1) is 11.9. The molecular weight excluding hydrogens is 330 g/mol. The number of rotatable bonds is 9. The third-order valence-corrected chi connectivity index (χ3v) is 4.56. The highest BCUT2D eigenvalue weighted by molar-refractivity contribution is 8.17. The summed E-state index contributed by atoms with van der Waals surface area (Å²) in [4.78, 5) is 5.48. The van der Waals surface area contributed by atoms with Gasteiger partial charge in [-0.2, -0.15) is 0 Å². The maximum absolute atomic E-state index is 10.4. The number of nitrogens with zero attached hydrogens (tertiary/aromatic N) is 1. The van der Waals surface area contributed by atoms with E-state index in [2.05, 4.69) is 24.2 Å². The molecule has 136 valence electrons. The van der Waals surface area contributed by atoms with Crippen molar-refractivity contribution in [2.75, 3.05) is 13.2 Å². The molecule has 1 rings (SSSR count). The first-order valence-electron chi connectivity index (χ1n) is 8.58. The zero-order valence-corrected chi connectivity index (χ0v) is 16.6. The van der Waals surface area contributed by atoms with Crippen molar-refractivity contribution < 1.29 is 9.84 Å². The van der Waals surface area contributed by atoms with Gasteiger partial charge >= 0.3 is 0 Å². The molecule has 0 aliphatic heterocycles. The van der Waals surface area contributed by atoms with Crippen LogP contribution in [0.2, 0.25) is 0 Å². The Morgan fingerprint density at radius 2 is 2.04 bits per heavy atom. The van der Waals surface area contributed by atoms with Crippen molar-refractivity contribution >= 4 is 22.9 Å². The first kappa shape index (κ1) is 21.1. The summed E-state index contributed by atoms with van der Waals surface area (Å²) in [6, 6.07) is 3.86. The van der Waals surface area contributed by atoms with Gasteiger partial charge in [0.1, 0.15) is 0 Å². The van der Waals surface area contributed by atoms with E-state index in [1.165, 1.54) is 0 Å². The van der Waals surface area contributed by atoms with Gasteiger partial charge in [0.25, 0.3) is 0 Å². The minimum atomic E-state index is 0.217. The van der Waals surface area contributed by atoms with E-state index in [1.807, 2.05) is 45.9 Å². The maximum Gasteiger partial charge on any atom is 0.161 e. The molecular formula is C21H29NO2S. The molecule has 1 aromatic carbocycles. The number of hydrogen-bond donors (Lipinski definition) is 1. The molecule has 0 aliphatic carbocycles. The molecule has 0 aliphatic rings. The summed E-state index contributed by atoms with van der Waals surface area (Å²) in [7, 11) is 0. The molecule has 0 saturated heterocycles. The smallest absolute Gasteiger partial charge is 0.161 e. The highest BCUT2D eigenvalue weighted by Crippen LogP contribution is 2.35. The van der Waals surface area contributed by atoms with Crippen molar-refractivity contribution in [3.8, 4) is 11.5 Å². The number of aromatic hydroxyl groups is 1. The molecule has 0 radical (unpaired) electrons. The Morgan fingerprint density at radius 1 is 1.32 bits per heavy atom. The van der Waals surface area contributed by atoms with Gasteiger partial charge in [0.05, 0.1) is 11.7 Å². The van der Waals surface area contributed by atoms with Gasteiger partial charge in [0.2, 0.25) is 0 Å². The molecule has 0 spiro atoms. The SMILES string of the molecule is C=CCCc1cc(/C=C(\SC(C)=NCC)C(=C)C)cc(OCC)c1O. The Labute approximate surface area is 156 Å². The summed E-state index contributed by atoms with van der Waals surface area (Å²) < 4.78 is 5.60. The van der Waals surface area contributed by atoms with Crippen LogP contribution in [0.15, 0.2) is 46.8 Å². The zero-order chi connectivity index (χ0) is 18.8. The van der Waals surface area contributed by atoms with Gasteiger partial charge in [-0.25, -0.2) is 0 Å². The van der Waals surface area contributed by atoms with Crippen molar-refractivity contribution in [2.24, 2.45) is 4.99 Å². The Balaban J connectivity index is 3.31. The number of hydrogen-bond acceptors (Lipinski definition) is 4. The van der Waals surface area contributed by atoms with Gasteiger partial charge in [-0.05, 0) is 75.4 Å². The second-order valence-electron chi connectivity index (χ2n) is 5.67. The van der Waals surface area contributed by atoms with Crippen molar-refractivity contribution in [2.45, 2.75) is 40.5 Å². The van der Waals surface area contributed by atoms with E-state index in [1.54, 1.807) is 11.8 Å². The first-order valence-corrected chi connectivity index (χ1v) is 9.40. The summed E-state index contributed by atoms with van der Waals surface area (Å²) in [5.74, 6) is 0.731. The lowest BCUT2D eigenvalue weighted by Crippen LogP contribution is -1.96. The summed E-state index contributed by atoms with van der Waals surface area (Å²) >= 11 is 1.61. The second-order valence-corrected chi connectivity index (χ2v) is 6.91. The lowest BCUT2D eigenvalue weighted by molar-refractivity contribution is 0.316.